The summed E-state index contributed by atoms with van der Waals surface area (Å²) >= 11 is 0. The fraction of sp³-hybridized carbons (Fsp3) is 0.294. The highest BCUT2D eigenvalue weighted by Crippen LogP contribution is 2.25. The third-order valence-corrected chi connectivity index (χ3v) is 5.72. The fourth-order valence-electron chi connectivity index (χ4n) is 2.56. The second-order valence-electron chi connectivity index (χ2n) is 6.22. The number of aromatic nitrogens is 1. The van der Waals surface area contributed by atoms with Crippen molar-refractivity contribution in [3.63, 3.8) is 0 Å². The molecule has 1 aromatic carbocycles. The summed E-state index contributed by atoms with van der Waals surface area (Å²) in [5, 5.41) is 11.2. The first kappa shape index (κ1) is 25.5. The van der Waals surface area contributed by atoms with E-state index < -0.39 is 38.9 Å². The molecular weight excluding hydrogens is 448 g/mol. The van der Waals surface area contributed by atoms with Crippen LogP contribution in [0.25, 0.3) is 0 Å². The average Bonchev–Trinajstić information content (AvgIpc) is 2.90. The Balaban J connectivity index is 0.00000450. The van der Waals surface area contributed by atoms with Gasteiger partial charge in [0.05, 0.1) is 5.56 Å². The Labute approximate surface area is 177 Å². The molecular formula is C17H18F4N4O3S2. The van der Waals surface area contributed by atoms with Crippen molar-refractivity contribution in [2.24, 2.45) is 7.05 Å². The molecule has 1 aromatic heterocycles. The number of carbonyl (C=O) groups excluding carboxylic acids is 1. The minimum Gasteiger partial charge on any atom is -0.345 e. The number of hydrogen-bond acceptors (Lipinski definition) is 4. The quantitative estimate of drug-likeness (QED) is 0.661. The van der Waals surface area contributed by atoms with Crippen LogP contribution in [0.2, 0.25) is 0 Å². The molecule has 2 rings (SSSR count). The molecule has 0 saturated carbocycles. The van der Waals surface area contributed by atoms with Gasteiger partial charge in [0.25, 0.3) is 5.91 Å². The first-order valence-electron chi connectivity index (χ1n) is 8.04. The summed E-state index contributed by atoms with van der Waals surface area (Å²) in [7, 11) is -3.21. The van der Waals surface area contributed by atoms with Gasteiger partial charge in [0, 0.05) is 18.9 Å². The van der Waals surface area contributed by atoms with Crippen LogP contribution in [-0.2, 0) is 17.1 Å². The summed E-state index contributed by atoms with van der Waals surface area (Å²) in [5.41, 5.74) is -0.427. The number of carbonyl (C=O) groups is 1. The summed E-state index contributed by atoms with van der Waals surface area (Å²) in [6.45, 7) is 1.93. The molecule has 1 amide bonds. The predicted molar refractivity (Wildman–Crippen MR) is 105 cm³/mol. The maximum absolute atomic E-state index is 13.4. The van der Waals surface area contributed by atoms with Crippen LogP contribution < -0.4 is 10.0 Å². The van der Waals surface area contributed by atoms with E-state index in [1.165, 1.54) is 24.8 Å². The number of nitrogens with one attached hydrogen (secondary N) is 2. The van der Waals surface area contributed by atoms with E-state index in [1.54, 1.807) is 6.07 Å². The fourth-order valence-corrected chi connectivity index (χ4v) is 4.08. The number of amides is 1. The first-order chi connectivity index (χ1) is 13.3. The molecule has 0 aliphatic carbocycles. The highest BCUT2D eigenvalue weighted by Gasteiger charge is 2.39. The lowest BCUT2D eigenvalue weighted by Crippen LogP contribution is -2.43. The summed E-state index contributed by atoms with van der Waals surface area (Å²) in [5.74, 6) is -1.57. The van der Waals surface area contributed by atoms with Crippen LogP contribution in [0.1, 0.15) is 28.5 Å². The largest absolute Gasteiger partial charge is 0.404 e. The zero-order valence-electron chi connectivity index (χ0n) is 15.9. The molecule has 30 heavy (non-hydrogen) atoms. The van der Waals surface area contributed by atoms with E-state index in [-0.39, 0.29) is 36.0 Å². The predicted octanol–water partition coefficient (Wildman–Crippen LogP) is 2.94. The van der Waals surface area contributed by atoms with Gasteiger partial charge in [0.2, 0.25) is 10.0 Å². The molecule has 164 valence electrons. The van der Waals surface area contributed by atoms with Crippen LogP contribution >= 0.6 is 13.5 Å². The molecule has 0 aliphatic heterocycles. The van der Waals surface area contributed by atoms with Gasteiger partial charge in [-0.2, -0.15) is 36.7 Å². The Hall–Kier alpha value is -2.56. The maximum atomic E-state index is 13.4. The molecule has 13 heteroatoms. The Morgan fingerprint density at radius 2 is 1.90 bits per heavy atom. The van der Waals surface area contributed by atoms with Gasteiger partial charge in [-0.05, 0) is 37.6 Å². The Morgan fingerprint density at radius 1 is 1.30 bits per heavy atom. The lowest BCUT2D eigenvalue weighted by Gasteiger charge is -2.17. The van der Waals surface area contributed by atoms with Gasteiger partial charge in [0.1, 0.15) is 28.5 Å². The number of aryl methyl sites for hydroxylation is 1. The number of hydrogen-bond donors (Lipinski definition) is 2. The third kappa shape index (κ3) is 5.32. The lowest BCUT2D eigenvalue weighted by molar-refractivity contribution is -0.147. The molecule has 1 heterocycles. The molecule has 0 saturated heterocycles. The van der Waals surface area contributed by atoms with E-state index in [0.717, 1.165) is 22.9 Å². The Kier molecular flexibility index (Phi) is 7.70. The molecule has 2 N–H and O–H groups in total. The van der Waals surface area contributed by atoms with Crippen molar-refractivity contribution in [3.05, 3.63) is 47.0 Å². The summed E-state index contributed by atoms with van der Waals surface area (Å²) in [6, 6.07) is 2.56. The van der Waals surface area contributed by atoms with Gasteiger partial charge in [0.15, 0.2) is 0 Å². The van der Waals surface area contributed by atoms with Crippen molar-refractivity contribution in [1.82, 2.24) is 9.29 Å². The van der Waals surface area contributed by atoms with Crippen LogP contribution in [0, 0.1) is 24.1 Å². The van der Waals surface area contributed by atoms with Gasteiger partial charge >= 0.3 is 6.18 Å². The van der Waals surface area contributed by atoms with Gasteiger partial charge in [-0.3, -0.25) is 4.79 Å². The first-order valence-corrected chi connectivity index (χ1v) is 9.52. The number of anilines is 1. The average molecular weight is 466 g/mol. The van der Waals surface area contributed by atoms with E-state index >= 15 is 0 Å². The van der Waals surface area contributed by atoms with Crippen LogP contribution in [-0.4, -0.2) is 31.1 Å². The Morgan fingerprint density at radius 3 is 2.43 bits per heavy atom. The van der Waals surface area contributed by atoms with E-state index in [1.807, 2.05) is 0 Å². The van der Waals surface area contributed by atoms with Gasteiger partial charge in [-0.1, -0.05) is 0 Å². The summed E-state index contributed by atoms with van der Waals surface area (Å²) in [4.78, 5) is 12.1. The zero-order chi connectivity index (χ0) is 22.1. The SMILES string of the molecule is Cc1c(S(=O)(=O)N[C@@H](C)C(F)(F)F)cn(C)c1C(=O)Nc1ccc(F)c(C#N)c1.S. The lowest BCUT2D eigenvalue weighted by atomic mass is 10.2. The molecule has 0 unspecified atom stereocenters. The summed E-state index contributed by atoms with van der Waals surface area (Å²) < 4.78 is 78.8. The Bertz CT molecular complexity index is 1110. The molecule has 0 aliphatic rings. The highest BCUT2D eigenvalue weighted by molar-refractivity contribution is 7.89. The second-order valence-corrected chi connectivity index (χ2v) is 7.91. The molecule has 1 atom stereocenters. The molecule has 0 radical (unpaired) electrons. The topological polar surface area (TPSA) is 104 Å². The smallest absolute Gasteiger partial charge is 0.345 e. The van der Waals surface area contributed by atoms with E-state index in [0.29, 0.717) is 6.92 Å². The van der Waals surface area contributed by atoms with Gasteiger partial charge < -0.3 is 9.88 Å². The van der Waals surface area contributed by atoms with Crippen LogP contribution in [0.3, 0.4) is 0 Å². The van der Waals surface area contributed by atoms with Crippen LogP contribution in [0.5, 0.6) is 0 Å². The van der Waals surface area contributed by atoms with E-state index in [4.69, 9.17) is 5.26 Å². The number of rotatable bonds is 5. The maximum Gasteiger partial charge on any atom is 0.404 e. The van der Waals surface area contributed by atoms with Crippen LogP contribution in [0.15, 0.2) is 29.3 Å². The number of nitriles is 1. The van der Waals surface area contributed by atoms with Crippen LogP contribution in [0.4, 0.5) is 23.2 Å². The monoisotopic (exact) mass is 466 g/mol. The normalized spacial score (nSPS) is 12.6. The second kappa shape index (κ2) is 9.07. The van der Waals surface area contributed by atoms with Crippen molar-refractivity contribution in [2.45, 2.75) is 31.0 Å². The number of sulfonamides is 1. The third-order valence-electron chi connectivity index (χ3n) is 4.06. The minimum atomic E-state index is -4.78. The molecule has 7 nitrogen and oxygen atoms in total. The number of alkyl halides is 3. The zero-order valence-corrected chi connectivity index (χ0v) is 17.7. The molecule has 0 spiro atoms. The number of nitrogens with zero attached hydrogens (tertiary/aromatic N) is 2. The standard InChI is InChI=1S/C17H16F4N4O3S.H2S/c1-9-14(29(27,28)24-10(2)17(19,20)21)8-25(3)15(9)16(26)23-12-4-5-13(18)11(6-12)7-22;/h4-6,8,10,24H,1-3H3,(H,23,26);1H2/t10-;/m0./s1. The highest BCUT2D eigenvalue weighted by atomic mass is 32.2. The van der Waals surface area contributed by atoms with Crippen molar-refractivity contribution in [2.75, 3.05) is 5.32 Å². The van der Waals surface area contributed by atoms with Crippen molar-refractivity contribution >= 4 is 35.1 Å². The summed E-state index contributed by atoms with van der Waals surface area (Å²) in [6.07, 6.45) is -3.77. The number of halogens is 4. The van der Waals surface area contributed by atoms with Crippen molar-refractivity contribution in [1.29, 1.82) is 5.26 Å². The minimum absolute atomic E-state index is 0. The van der Waals surface area contributed by atoms with E-state index in [9.17, 15) is 30.8 Å². The number of benzene rings is 1. The molecule has 2 aromatic rings. The van der Waals surface area contributed by atoms with Gasteiger partial charge in [-0.25, -0.2) is 12.8 Å². The van der Waals surface area contributed by atoms with Crippen molar-refractivity contribution < 1.29 is 30.8 Å². The van der Waals surface area contributed by atoms with E-state index in [2.05, 4.69) is 5.32 Å². The van der Waals surface area contributed by atoms with Crippen molar-refractivity contribution in [3.8, 4) is 6.07 Å². The molecule has 0 bridgehead atoms. The van der Waals surface area contributed by atoms with Gasteiger partial charge in [-0.15, -0.1) is 0 Å². The molecule has 0 fully saturated rings.